The van der Waals surface area contributed by atoms with Crippen LogP contribution < -0.4 is 23.7 Å². The summed E-state index contributed by atoms with van der Waals surface area (Å²) in [7, 11) is 6.19. The molecule has 7 heteroatoms. The van der Waals surface area contributed by atoms with Gasteiger partial charge in [-0.3, -0.25) is 0 Å². The Morgan fingerprint density at radius 1 is 0.800 bits per heavy atom. The highest BCUT2D eigenvalue weighted by atomic mass is 16.6. The van der Waals surface area contributed by atoms with Gasteiger partial charge in [-0.25, -0.2) is 4.79 Å². The highest BCUT2D eigenvalue weighted by Gasteiger charge is 2.18. The molecule has 0 N–H and O–H groups in total. The number of ether oxygens (including phenoxy) is 5. The molecule has 0 bridgehead atoms. The summed E-state index contributed by atoms with van der Waals surface area (Å²) in [5.41, 5.74) is 2.22. The van der Waals surface area contributed by atoms with Crippen LogP contribution in [0.3, 0.4) is 0 Å². The molecule has 0 aliphatic rings. The number of carbonyl (C=O) groups is 1. The SMILES string of the molecule is C=C(c1ccc(OC)c(OC(=O)N(CC)CC)c1)c1cc(OC)c(OC)c(OC)c1. The van der Waals surface area contributed by atoms with Crippen LogP contribution in [0, 0.1) is 0 Å². The molecular formula is C23H29NO6. The van der Waals surface area contributed by atoms with Crippen molar-refractivity contribution in [3.8, 4) is 28.7 Å². The lowest BCUT2D eigenvalue weighted by Gasteiger charge is -2.19. The fourth-order valence-corrected chi connectivity index (χ4v) is 3.01. The van der Waals surface area contributed by atoms with Crippen molar-refractivity contribution in [3.05, 3.63) is 48.0 Å². The number of carbonyl (C=O) groups excluding carboxylic acids is 1. The Labute approximate surface area is 177 Å². The summed E-state index contributed by atoms with van der Waals surface area (Å²) in [6, 6.07) is 8.94. The third-order valence-corrected chi connectivity index (χ3v) is 4.74. The van der Waals surface area contributed by atoms with Crippen LogP contribution in [0.2, 0.25) is 0 Å². The predicted octanol–water partition coefficient (Wildman–Crippen LogP) is 4.62. The smallest absolute Gasteiger partial charge is 0.415 e. The molecule has 0 aliphatic heterocycles. The Bertz CT molecular complexity index is 880. The minimum Gasteiger partial charge on any atom is -0.493 e. The summed E-state index contributed by atoms with van der Waals surface area (Å²) in [6.07, 6.45) is -0.436. The second kappa shape index (κ2) is 10.4. The summed E-state index contributed by atoms with van der Waals surface area (Å²) in [4.78, 5) is 14.0. The second-order valence-corrected chi connectivity index (χ2v) is 6.30. The first-order valence-corrected chi connectivity index (χ1v) is 9.58. The molecule has 162 valence electrons. The fourth-order valence-electron chi connectivity index (χ4n) is 3.01. The van der Waals surface area contributed by atoms with Gasteiger partial charge in [0.05, 0.1) is 28.4 Å². The van der Waals surface area contributed by atoms with Gasteiger partial charge in [-0.15, -0.1) is 0 Å². The lowest BCUT2D eigenvalue weighted by atomic mass is 9.98. The molecule has 7 nitrogen and oxygen atoms in total. The molecule has 0 heterocycles. The largest absolute Gasteiger partial charge is 0.493 e. The van der Waals surface area contributed by atoms with E-state index in [2.05, 4.69) is 6.58 Å². The highest BCUT2D eigenvalue weighted by Crippen LogP contribution is 2.41. The van der Waals surface area contributed by atoms with Gasteiger partial charge in [0.1, 0.15) is 0 Å². The van der Waals surface area contributed by atoms with Crippen molar-refractivity contribution in [3.63, 3.8) is 0 Å². The molecule has 0 atom stereocenters. The lowest BCUT2D eigenvalue weighted by Crippen LogP contribution is -2.33. The predicted molar refractivity (Wildman–Crippen MR) is 116 cm³/mol. The van der Waals surface area contributed by atoms with Gasteiger partial charge >= 0.3 is 6.09 Å². The molecule has 0 saturated carbocycles. The van der Waals surface area contributed by atoms with Gasteiger partial charge < -0.3 is 28.6 Å². The molecule has 0 fully saturated rings. The third-order valence-electron chi connectivity index (χ3n) is 4.74. The quantitative estimate of drug-likeness (QED) is 0.595. The van der Waals surface area contributed by atoms with Crippen LogP contribution in [0.15, 0.2) is 36.9 Å². The van der Waals surface area contributed by atoms with E-state index >= 15 is 0 Å². The van der Waals surface area contributed by atoms with E-state index in [1.165, 1.54) is 7.11 Å². The summed E-state index contributed by atoms with van der Waals surface area (Å²) >= 11 is 0. The number of amides is 1. The molecule has 0 unspecified atom stereocenters. The summed E-state index contributed by atoms with van der Waals surface area (Å²) < 4.78 is 27.2. The number of benzene rings is 2. The van der Waals surface area contributed by atoms with Gasteiger partial charge in [0.25, 0.3) is 0 Å². The molecule has 0 saturated heterocycles. The number of methoxy groups -OCH3 is 4. The normalized spacial score (nSPS) is 10.2. The third kappa shape index (κ3) is 4.79. The average molecular weight is 415 g/mol. The molecule has 0 radical (unpaired) electrons. The average Bonchev–Trinajstić information content (AvgIpc) is 2.78. The van der Waals surface area contributed by atoms with Crippen molar-refractivity contribution in [2.75, 3.05) is 41.5 Å². The van der Waals surface area contributed by atoms with Gasteiger partial charge in [-0.1, -0.05) is 12.6 Å². The molecule has 2 aromatic carbocycles. The van der Waals surface area contributed by atoms with Crippen molar-refractivity contribution >= 4 is 11.7 Å². The standard InChI is InChI=1S/C23H29NO6/c1-8-24(9-2)23(25)30-19-12-16(10-11-18(19)26-4)15(3)17-13-20(27-5)22(29-7)21(14-17)28-6/h10-14H,3,8-9H2,1-2,4-7H3. The van der Waals surface area contributed by atoms with E-state index in [1.54, 1.807) is 38.4 Å². The van der Waals surface area contributed by atoms with Gasteiger partial charge in [0.2, 0.25) is 5.75 Å². The Morgan fingerprint density at radius 2 is 1.33 bits per heavy atom. The Balaban J connectivity index is 2.44. The highest BCUT2D eigenvalue weighted by molar-refractivity contribution is 5.82. The maximum atomic E-state index is 12.4. The number of rotatable bonds is 9. The van der Waals surface area contributed by atoms with Gasteiger partial charge in [-0.05, 0) is 54.8 Å². The minimum absolute atomic E-state index is 0.320. The van der Waals surface area contributed by atoms with E-state index < -0.39 is 6.09 Å². The maximum absolute atomic E-state index is 12.4. The van der Waals surface area contributed by atoms with Crippen molar-refractivity contribution in [2.45, 2.75) is 13.8 Å². The number of hydrogen-bond acceptors (Lipinski definition) is 6. The van der Waals surface area contributed by atoms with Crippen LogP contribution >= 0.6 is 0 Å². The van der Waals surface area contributed by atoms with Crippen LogP contribution in [-0.4, -0.2) is 52.5 Å². The van der Waals surface area contributed by atoms with Crippen molar-refractivity contribution < 1.29 is 28.5 Å². The zero-order valence-electron chi connectivity index (χ0n) is 18.4. The van der Waals surface area contributed by atoms with Crippen LogP contribution in [0.5, 0.6) is 28.7 Å². The fraction of sp³-hybridized carbons (Fsp3) is 0.348. The van der Waals surface area contributed by atoms with E-state index in [-0.39, 0.29) is 0 Å². The first kappa shape index (κ1) is 22.9. The molecule has 30 heavy (non-hydrogen) atoms. The van der Waals surface area contributed by atoms with E-state index in [4.69, 9.17) is 23.7 Å². The molecular weight excluding hydrogens is 386 g/mol. The van der Waals surface area contributed by atoms with E-state index in [0.717, 1.165) is 11.1 Å². The monoisotopic (exact) mass is 415 g/mol. The Kier molecular flexibility index (Phi) is 7.98. The van der Waals surface area contributed by atoms with Crippen LogP contribution in [-0.2, 0) is 0 Å². The molecule has 1 amide bonds. The Morgan fingerprint density at radius 3 is 1.80 bits per heavy atom. The Hall–Kier alpha value is -3.35. The molecule has 0 aliphatic carbocycles. The molecule has 2 aromatic rings. The maximum Gasteiger partial charge on any atom is 0.415 e. The van der Waals surface area contributed by atoms with E-state index in [1.807, 2.05) is 32.0 Å². The summed E-state index contributed by atoms with van der Waals surface area (Å²) in [5.74, 6) is 2.32. The molecule has 0 spiro atoms. The van der Waals surface area contributed by atoms with Gasteiger partial charge in [0, 0.05) is 13.1 Å². The van der Waals surface area contributed by atoms with Gasteiger partial charge in [0.15, 0.2) is 23.0 Å². The van der Waals surface area contributed by atoms with Crippen LogP contribution in [0.4, 0.5) is 4.79 Å². The van der Waals surface area contributed by atoms with Gasteiger partial charge in [-0.2, -0.15) is 0 Å². The first-order chi connectivity index (χ1) is 14.4. The molecule has 2 rings (SSSR count). The summed E-state index contributed by atoms with van der Waals surface area (Å²) in [6.45, 7) is 9.09. The number of nitrogens with zero attached hydrogens (tertiary/aromatic N) is 1. The van der Waals surface area contributed by atoms with Crippen molar-refractivity contribution in [2.24, 2.45) is 0 Å². The topological polar surface area (TPSA) is 66.5 Å². The zero-order chi connectivity index (χ0) is 22.3. The van der Waals surface area contributed by atoms with Crippen LogP contribution in [0.1, 0.15) is 25.0 Å². The van der Waals surface area contributed by atoms with Crippen LogP contribution in [0.25, 0.3) is 5.57 Å². The first-order valence-electron chi connectivity index (χ1n) is 9.58. The minimum atomic E-state index is -0.436. The van der Waals surface area contributed by atoms with E-state index in [0.29, 0.717) is 47.4 Å². The lowest BCUT2D eigenvalue weighted by molar-refractivity contribution is 0.155. The van der Waals surface area contributed by atoms with Crippen molar-refractivity contribution in [1.29, 1.82) is 0 Å². The van der Waals surface area contributed by atoms with Crippen molar-refractivity contribution in [1.82, 2.24) is 4.90 Å². The second-order valence-electron chi connectivity index (χ2n) is 6.30. The zero-order valence-corrected chi connectivity index (χ0v) is 18.4. The number of hydrogen-bond donors (Lipinski definition) is 0. The summed E-state index contributed by atoms with van der Waals surface area (Å²) in [5, 5.41) is 0. The molecule has 0 aromatic heterocycles. The van der Waals surface area contributed by atoms with E-state index in [9.17, 15) is 4.79 Å².